The Morgan fingerprint density at radius 1 is 0.810 bits per heavy atom. The number of benzene rings is 2. The average Bonchev–Trinajstić information content (AvgIpc) is 2.42. The molecule has 0 atom stereocenters. The van der Waals surface area contributed by atoms with E-state index in [-0.39, 0.29) is 33.1 Å². The Balaban J connectivity index is 2.35. The van der Waals surface area contributed by atoms with Gasteiger partial charge in [-0.25, -0.2) is 0 Å². The van der Waals surface area contributed by atoms with E-state index in [1.807, 2.05) is 0 Å². The number of fused-ring (bicyclic) bond motifs is 1. The monoisotopic (exact) mass is 302 g/mol. The molecule has 3 rings (SSSR count). The molecule has 0 saturated heterocycles. The first kappa shape index (κ1) is 13.3. The Hall–Kier alpha value is -2.73. The normalized spacial score (nSPS) is 10.9. The number of hydrogen-bond donors (Lipinski definition) is 4. The highest BCUT2D eigenvalue weighted by Crippen LogP contribution is 2.39. The summed E-state index contributed by atoms with van der Waals surface area (Å²) in [4.78, 5) is 12.6. The molecule has 0 radical (unpaired) electrons. The van der Waals surface area contributed by atoms with Gasteiger partial charge in [-0.1, -0.05) is 0 Å². The minimum Gasteiger partial charge on any atom is -0.508 e. The molecule has 0 aliphatic rings. The van der Waals surface area contributed by atoms with Crippen LogP contribution in [0.25, 0.3) is 20.5 Å². The Bertz CT molecular complexity index is 914. The minimum atomic E-state index is -0.459. The lowest BCUT2D eigenvalue weighted by atomic mass is 10.1. The van der Waals surface area contributed by atoms with Crippen molar-refractivity contribution in [3.05, 3.63) is 46.6 Å². The van der Waals surface area contributed by atoms with E-state index in [0.29, 0.717) is 10.4 Å². The van der Waals surface area contributed by atoms with Crippen molar-refractivity contribution in [2.24, 2.45) is 0 Å². The molecule has 0 aliphatic carbocycles. The van der Waals surface area contributed by atoms with Gasteiger partial charge in [0.05, 0.1) is 10.1 Å². The van der Waals surface area contributed by atoms with Gasteiger partial charge in [-0.05, 0) is 24.3 Å². The van der Waals surface area contributed by atoms with Crippen molar-refractivity contribution in [3.8, 4) is 33.4 Å². The lowest BCUT2D eigenvalue weighted by Crippen LogP contribution is -1.99. The summed E-state index contributed by atoms with van der Waals surface area (Å²) in [5, 5.41) is 38.8. The fourth-order valence-electron chi connectivity index (χ4n) is 2.09. The number of rotatable bonds is 1. The van der Waals surface area contributed by atoms with E-state index in [1.165, 1.54) is 36.4 Å². The molecule has 21 heavy (non-hydrogen) atoms. The second-order valence-corrected chi connectivity index (χ2v) is 5.54. The van der Waals surface area contributed by atoms with E-state index in [4.69, 9.17) is 0 Å². The van der Waals surface area contributed by atoms with Crippen molar-refractivity contribution < 1.29 is 20.4 Å². The number of phenolic OH excluding ortho intramolecular Hbond substituents is 4. The summed E-state index contributed by atoms with van der Waals surface area (Å²) in [6.07, 6.45) is 0. The van der Waals surface area contributed by atoms with Gasteiger partial charge in [-0.2, -0.15) is 0 Å². The van der Waals surface area contributed by atoms with Crippen LogP contribution in [0.1, 0.15) is 0 Å². The van der Waals surface area contributed by atoms with Gasteiger partial charge in [-0.15, -0.1) is 11.3 Å². The molecule has 0 aliphatic heterocycles. The van der Waals surface area contributed by atoms with Crippen LogP contribution in [0.3, 0.4) is 0 Å². The molecular formula is C15H10O5S. The molecule has 0 unspecified atom stereocenters. The summed E-state index contributed by atoms with van der Waals surface area (Å²) in [7, 11) is 0. The Kier molecular flexibility index (Phi) is 2.95. The van der Waals surface area contributed by atoms with Gasteiger partial charge in [0.25, 0.3) is 0 Å². The van der Waals surface area contributed by atoms with E-state index >= 15 is 0 Å². The third-order valence-electron chi connectivity index (χ3n) is 3.08. The van der Waals surface area contributed by atoms with Gasteiger partial charge in [0.2, 0.25) is 0 Å². The highest BCUT2D eigenvalue weighted by molar-refractivity contribution is 7.22. The maximum atomic E-state index is 12.1. The van der Waals surface area contributed by atoms with Gasteiger partial charge in [0.15, 0.2) is 5.43 Å². The Morgan fingerprint density at radius 2 is 1.52 bits per heavy atom. The number of phenols is 4. The maximum Gasteiger partial charge on any atom is 0.192 e. The van der Waals surface area contributed by atoms with E-state index in [2.05, 4.69) is 0 Å². The molecular weight excluding hydrogens is 292 g/mol. The van der Waals surface area contributed by atoms with Crippen LogP contribution in [0.5, 0.6) is 23.0 Å². The van der Waals surface area contributed by atoms with Crippen molar-refractivity contribution in [1.29, 1.82) is 0 Å². The molecule has 6 heteroatoms. The van der Waals surface area contributed by atoms with Crippen molar-refractivity contribution in [3.63, 3.8) is 0 Å². The maximum absolute atomic E-state index is 12.1. The largest absolute Gasteiger partial charge is 0.508 e. The first-order valence-corrected chi connectivity index (χ1v) is 6.80. The molecule has 3 aromatic rings. The fourth-order valence-corrected chi connectivity index (χ4v) is 3.24. The molecule has 4 N–H and O–H groups in total. The molecule has 0 fully saturated rings. The second kappa shape index (κ2) is 4.68. The third kappa shape index (κ3) is 2.15. The summed E-state index contributed by atoms with van der Waals surface area (Å²) in [5.74, 6) is -0.593. The van der Waals surface area contributed by atoms with Gasteiger partial charge in [0.1, 0.15) is 23.0 Å². The Morgan fingerprint density at radius 3 is 2.24 bits per heavy atom. The summed E-state index contributed by atoms with van der Waals surface area (Å²) in [5.41, 5.74) is -0.0980. The first-order chi connectivity index (χ1) is 9.97. The number of hydrogen-bond acceptors (Lipinski definition) is 6. The first-order valence-electron chi connectivity index (χ1n) is 5.98. The van der Waals surface area contributed by atoms with Crippen molar-refractivity contribution >= 4 is 21.4 Å². The topological polar surface area (TPSA) is 98.0 Å². The van der Waals surface area contributed by atoms with E-state index in [1.54, 1.807) is 0 Å². The zero-order valence-electron chi connectivity index (χ0n) is 10.6. The van der Waals surface area contributed by atoms with Crippen LogP contribution < -0.4 is 5.43 Å². The summed E-state index contributed by atoms with van der Waals surface area (Å²) >= 11 is 1.06. The van der Waals surface area contributed by atoms with E-state index < -0.39 is 5.43 Å². The average molecular weight is 302 g/mol. The van der Waals surface area contributed by atoms with Crippen LogP contribution in [0.4, 0.5) is 0 Å². The van der Waals surface area contributed by atoms with Crippen LogP contribution in [0, 0.1) is 0 Å². The van der Waals surface area contributed by atoms with Gasteiger partial charge in [0, 0.05) is 22.6 Å². The van der Waals surface area contributed by atoms with Crippen LogP contribution in [0.15, 0.2) is 41.2 Å². The van der Waals surface area contributed by atoms with Crippen molar-refractivity contribution in [2.45, 2.75) is 0 Å². The van der Waals surface area contributed by atoms with Crippen LogP contribution >= 0.6 is 11.3 Å². The minimum absolute atomic E-state index is 0.0435. The zero-order valence-corrected chi connectivity index (χ0v) is 11.4. The second-order valence-electron chi connectivity index (χ2n) is 4.48. The molecule has 106 valence electrons. The summed E-state index contributed by atoms with van der Waals surface area (Å²) in [6, 6.07) is 7.86. The molecule has 1 aromatic heterocycles. The molecule has 0 saturated carbocycles. The fraction of sp³-hybridized carbons (Fsp3) is 0. The molecule has 5 nitrogen and oxygen atoms in total. The molecule has 1 heterocycles. The Labute approximate surface area is 122 Å². The third-order valence-corrected chi connectivity index (χ3v) is 4.26. The molecule has 2 aromatic carbocycles. The lowest BCUT2D eigenvalue weighted by Gasteiger charge is -2.07. The highest BCUT2D eigenvalue weighted by Gasteiger charge is 2.14. The smallest absolute Gasteiger partial charge is 0.192 e. The summed E-state index contributed by atoms with van der Waals surface area (Å²) < 4.78 is 0.241. The van der Waals surface area contributed by atoms with Crippen LogP contribution in [0.2, 0.25) is 0 Å². The molecule has 0 bridgehead atoms. The standard InChI is InChI=1S/C15H10O5S/c16-7-1-2-8(11(19)5-7)13-6-12(20)14-9(17)3-4-10(18)15(14)21-13/h1-6,16-19H. The van der Waals surface area contributed by atoms with Crippen molar-refractivity contribution in [1.82, 2.24) is 0 Å². The van der Waals surface area contributed by atoms with Gasteiger partial charge in [-0.3, -0.25) is 4.79 Å². The van der Waals surface area contributed by atoms with Crippen LogP contribution in [-0.2, 0) is 0 Å². The molecule has 0 spiro atoms. The van der Waals surface area contributed by atoms with E-state index in [9.17, 15) is 25.2 Å². The van der Waals surface area contributed by atoms with E-state index in [0.717, 1.165) is 11.3 Å². The highest BCUT2D eigenvalue weighted by atomic mass is 32.1. The van der Waals surface area contributed by atoms with Crippen LogP contribution in [-0.4, -0.2) is 20.4 Å². The molecule has 0 amide bonds. The predicted molar refractivity (Wildman–Crippen MR) is 80.2 cm³/mol. The SMILES string of the molecule is O=c1cc(-c2ccc(O)cc2O)sc2c(O)ccc(O)c12. The lowest BCUT2D eigenvalue weighted by molar-refractivity contribution is 0.452. The summed E-state index contributed by atoms with van der Waals surface area (Å²) in [6.45, 7) is 0. The number of aromatic hydroxyl groups is 4. The predicted octanol–water partition coefficient (Wildman–Crippen LogP) is 2.75. The van der Waals surface area contributed by atoms with Crippen molar-refractivity contribution in [2.75, 3.05) is 0 Å². The van der Waals surface area contributed by atoms with Gasteiger partial charge < -0.3 is 20.4 Å². The quantitative estimate of drug-likeness (QED) is 0.518. The van der Waals surface area contributed by atoms with Gasteiger partial charge >= 0.3 is 0 Å². The zero-order chi connectivity index (χ0) is 15.1.